The monoisotopic (exact) mass is 385 g/mol. The molecule has 5 N–H and O–H groups in total. The zero-order valence-corrected chi connectivity index (χ0v) is 16.1. The number of nitrogens with zero attached hydrogens (tertiary/aromatic N) is 1. The summed E-state index contributed by atoms with van der Waals surface area (Å²) in [4.78, 5) is 17.0. The van der Waals surface area contributed by atoms with Crippen LogP contribution in [0.5, 0.6) is 0 Å². The minimum Gasteiger partial charge on any atom is -0.364 e. The van der Waals surface area contributed by atoms with Gasteiger partial charge in [-0.05, 0) is 37.5 Å². The van der Waals surface area contributed by atoms with E-state index in [4.69, 9.17) is 17.3 Å². The van der Waals surface area contributed by atoms with Gasteiger partial charge in [0.05, 0.1) is 10.6 Å². The fraction of sp³-hybridized carbons (Fsp3) is 0.400. The Labute approximate surface area is 163 Å². The minimum absolute atomic E-state index is 0.0813. The van der Waals surface area contributed by atoms with E-state index in [9.17, 15) is 4.79 Å². The van der Waals surface area contributed by atoms with Crippen LogP contribution in [0.1, 0.15) is 47.2 Å². The van der Waals surface area contributed by atoms with Gasteiger partial charge in [0.15, 0.2) is 0 Å². The van der Waals surface area contributed by atoms with Gasteiger partial charge in [0, 0.05) is 29.9 Å². The Morgan fingerprint density at radius 3 is 2.85 bits per heavy atom. The van der Waals surface area contributed by atoms with Crippen LogP contribution in [-0.4, -0.2) is 23.0 Å². The summed E-state index contributed by atoms with van der Waals surface area (Å²) in [6.45, 7) is 2.43. The van der Waals surface area contributed by atoms with Crippen molar-refractivity contribution < 1.29 is 4.79 Å². The Hall–Kier alpha value is -2.31. The molecule has 27 heavy (non-hydrogen) atoms. The summed E-state index contributed by atoms with van der Waals surface area (Å²) in [5.41, 5.74) is 9.57. The highest BCUT2D eigenvalue weighted by atomic mass is 35.5. The van der Waals surface area contributed by atoms with Crippen LogP contribution in [0.3, 0.4) is 0 Å². The van der Waals surface area contributed by atoms with Crippen molar-refractivity contribution in [2.75, 3.05) is 10.6 Å². The van der Waals surface area contributed by atoms with Crippen LogP contribution in [0.4, 0.5) is 17.3 Å². The van der Waals surface area contributed by atoms with E-state index in [0.717, 1.165) is 42.5 Å². The molecule has 0 radical (unpaired) electrons. The van der Waals surface area contributed by atoms with Crippen molar-refractivity contribution in [3.8, 4) is 0 Å². The van der Waals surface area contributed by atoms with E-state index in [1.165, 1.54) is 0 Å². The van der Waals surface area contributed by atoms with E-state index >= 15 is 0 Å². The number of rotatable bonds is 4. The number of anilines is 3. The SMILES string of the molecule is Cc1cccc(Nc2nc(NC3CCCCC3N)c(Cl)c3c2C(=O)NC3)c1. The van der Waals surface area contributed by atoms with Crippen LogP contribution in [0.2, 0.25) is 5.02 Å². The van der Waals surface area contributed by atoms with Crippen LogP contribution in [-0.2, 0) is 6.54 Å². The number of hydrogen-bond acceptors (Lipinski definition) is 5. The number of fused-ring (bicyclic) bond motifs is 1. The second-order valence-electron chi connectivity index (χ2n) is 7.35. The fourth-order valence-electron chi connectivity index (χ4n) is 3.84. The maximum atomic E-state index is 12.4. The molecule has 2 heterocycles. The molecule has 7 heteroatoms. The molecule has 2 aliphatic rings. The Bertz CT molecular complexity index is 885. The quantitative estimate of drug-likeness (QED) is 0.643. The van der Waals surface area contributed by atoms with Gasteiger partial charge in [0.1, 0.15) is 11.6 Å². The third-order valence-electron chi connectivity index (χ3n) is 5.31. The van der Waals surface area contributed by atoms with E-state index in [0.29, 0.717) is 28.8 Å². The Morgan fingerprint density at radius 2 is 2.07 bits per heavy atom. The lowest BCUT2D eigenvalue weighted by Gasteiger charge is -2.30. The number of nitrogens with one attached hydrogen (secondary N) is 3. The number of carbonyl (C=O) groups excluding carboxylic acids is 1. The van der Waals surface area contributed by atoms with Crippen molar-refractivity contribution in [2.45, 2.75) is 51.2 Å². The van der Waals surface area contributed by atoms with Crippen LogP contribution in [0, 0.1) is 6.92 Å². The lowest BCUT2D eigenvalue weighted by Crippen LogP contribution is -2.42. The fourth-order valence-corrected chi connectivity index (χ4v) is 4.10. The zero-order chi connectivity index (χ0) is 19.0. The molecule has 0 spiro atoms. The molecule has 1 aliphatic carbocycles. The maximum absolute atomic E-state index is 12.4. The first-order valence-electron chi connectivity index (χ1n) is 9.39. The average Bonchev–Trinajstić information content (AvgIpc) is 3.03. The first-order chi connectivity index (χ1) is 13.0. The first kappa shape index (κ1) is 18.1. The number of aryl methyl sites for hydroxylation is 1. The van der Waals surface area contributed by atoms with Crippen LogP contribution < -0.4 is 21.7 Å². The molecule has 6 nitrogen and oxygen atoms in total. The van der Waals surface area contributed by atoms with Gasteiger partial charge in [-0.1, -0.05) is 36.6 Å². The van der Waals surface area contributed by atoms with Crippen LogP contribution in [0.15, 0.2) is 24.3 Å². The molecule has 0 bridgehead atoms. The number of aromatic nitrogens is 1. The maximum Gasteiger partial charge on any atom is 0.255 e. The predicted molar refractivity (Wildman–Crippen MR) is 109 cm³/mol. The lowest BCUT2D eigenvalue weighted by molar-refractivity contribution is 0.0966. The van der Waals surface area contributed by atoms with Crippen molar-refractivity contribution in [3.63, 3.8) is 0 Å². The highest BCUT2D eigenvalue weighted by molar-refractivity contribution is 6.34. The predicted octanol–water partition coefficient (Wildman–Crippen LogP) is 3.71. The molecule has 1 aromatic heterocycles. The summed E-state index contributed by atoms with van der Waals surface area (Å²) in [6, 6.07) is 8.17. The lowest BCUT2D eigenvalue weighted by atomic mass is 9.91. The number of amides is 1. The summed E-state index contributed by atoms with van der Waals surface area (Å²) < 4.78 is 0. The summed E-state index contributed by atoms with van der Waals surface area (Å²) in [5, 5.41) is 10.1. The number of pyridine rings is 1. The van der Waals surface area contributed by atoms with Gasteiger partial charge in [0.2, 0.25) is 0 Å². The molecular formula is C20H24ClN5O. The summed E-state index contributed by atoms with van der Waals surface area (Å²) in [5.74, 6) is 0.946. The number of halogens is 1. The highest BCUT2D eigenvalue weighted by Gasteiger charge is 2.30. The molecule has 2 aromatic rings. The van der Waals surface area contributed by atoms with Gasteiger partial charge in [-0.3, -0.25) is 4.79 Å². The van der Waals surface area contributed by atoms with Gasteiger partial charge < -0.3 is 21.7 Å². The summed E-state index contributed by atoms with van der Waals surface area (Å²) in [7, 11) is 0. The second kappa shape index (κ2) is 7.37. The second-order valence-corrected chi connectivity index (χ2v) is 7.73. The van der Waals surface area contributed by atoms with Crippen molar-refractivity contribution in [3.05, 3.63) is 46.0 Å². The molecule has 1 aliphatic heterocycles. The molecule has 0 saturated heterocycles. The third kappa shape index (κ3) is 3.59. The van der Waals surface area contributed by atoms with Crippen molar-refractivity contribution in [2.24, 2.45) is 5.73 Å². The molecule has 2 atom stereocenters. The van der Waals surface area contributed by atoms with Crippen LogP contribution >= 0.6 is 11.6 Å². The van der Waals surface area contributed by atoms with Crippen molar-refractivity contribution >= 4 is 34.8 Å². The van der Waals surface area contributed by atoms with Crippen molar-refractivity contribution in [1.82, 2.24) is 10.3 Å². The Kier molecular flexibility index (Phi) is 4.93. The third-order valence-corrected chi connectivity index (χ3v) is 5.72. The number of benzene rings is 1. The molecule has 1 amide bonds. The zero-order valence-electron chi connectivity index (χ0n) is 15.3. The normalized spacial score (nSPS) is 21.5. The van der Waals surface area contributed by atoms with Gasteiger partial charge in [-0.15, -0.1) is 0 Å². The molecule has 4 rings (SSSR count). The molecule has 1 saturated carbocycles. The van der Waals surface area contributed by atoms with Gasteiger partial charge >= 0.3 is 0 Å². The number of hydrogen-bond donors (Lipinski definition) is 4. The molecule has 1 fully saturated rings. The van der Waals surface area contributed by atoms with E-state index in [1.807, 2.05) is 31.2 Å². The molecule has 1 aromatic carbocycles. The van der Waals surface area contributed by atoms with E-state index in [2.05, 4.69) is 20.9 Å². The average molecular weight is 386 g/mol. The van der Waals surface area contributed by atoms with Gasteiger partial charge in [-0.2, -0.15) is 0 Å². The van der Waals surface area contributed by atoms with Gasteiger partial charge in [0.25, 0.3) is 5.91 Å². The van der Waals surface area contributed by atoms with E-state index in [-0.39, 0.29) is 18.0 Å². The summed E-state index contributed by atoms with van der Waals surface area (Å²) >= 11 is 6.60. The number of carbonyl (C=O) groups is 1. The Morgan fingerprint density at radius 1 is 1.26 bits per heavy atom. The van der Waals surface area contributed by atoms with Gasteiger partial charge in [-0.25, -0.2) is 4.98 Å². The molecular weight excluding hydrogens is 362 g/mol. The molecule has 142 valence electrons. The number of nitrogens with two attached hydrogens (primary N) is 1. The standard InChI is InChI=1S/C20H24ClN5O/c1-11-5-4-6-12(9-11)24-18-16-13(10-23-20(16)27)17(21)19(26-18)25-15-8-3-2-7-14(15)22/h4-6,9,14-15H,2-3,7-8,10,22H2,1H3,(H,23,27)(H2,24,25,26). The topological polar surface area (TPSA) is 92.1 Å². The minimum atomic E-state index is -0.157. The molecule has 2 unspecified atom stereocenters. The smallest absolute Gasteiger partial charge is 0.255 e. The van der Waals surface area contributed by atoms with Crippen molar-refractivity contribution in [1.29, 1.82) is 0 Å². The van der Waals surface area contributed by atoms with Crippen LogP contribution in [0.25, 0.3) is 0 Å². The van der Waals surface area contributed by atoms with E-state index in [1.54, 1.807) is 0 Å². The highest BCUT2D eigenvalue weighted by Crippen LogP contribution is 2.36. The first-order valence-corrected chi connectivity index (χ1v) is 9.77. The van der Waals surface area contributed by atoms with E-state index < -0.39 is 0 Å². The Balaban J connectivity index is 1.71. The summed E-state index contributed by atoms with van der Waals surface area (Å²) in [6.07, 6.45) is 4.29. The largest absolute Gasteiger partial charge is 0.364 e.